The third-order valence-corrected chi connectivity index (χ3v) is 4.48. The molecule has 2 saturated heterocycles. The van der Waals surface area contributed by atoms with Crippen LogP contribution < -0.4 is 0 Å². The lowest BCUT2D eigenvalue weighted by Crippen LogP contribution is -2.65. The summed E-state index contributed by atoms with van der Waals surface area (Å²) in [7, 11) is 3.89. The molecule has 1 atom stereocenters. The smallest absolute Gasteiger partial charge is 0.231 e. The molecule has 0 unspecified atom stereocenters. The summed E-state index contributed by atoms with van der Waals surface area (Å²) in [5.41, 5.74) is 2.21. The number of amides is 1. The normalized spacial score (nSPS) is 27.9. The lowest BCUT2D eigenvalue weighted by atomic mass is 9.72. The Labute approximate surface area is 114 Å². The van der Waals surface area contributed by atoms with E-state index in [-0.39, 0.29) is 5.41 Å². The molecule has 0 bridgehead atoms. The maximum Gasteiger partial charge on any atom is 0.231 e. The van der Waals surface area contributed by atoms with Crippen LogP contribution in [0.1, 0.15) is 24.2 Å². The number of hydrogen-bond acceptors (Lipinski definition) is 3. The van der Waals surface area contributed by atoms with E-state index in [0.29, 0.717) is 5.91 Å². The number of likely N-dealkylation sites (tertiary alicyclic amines) is 2. The zero-order valence-electron chi connectivity index (χ0n) is 12.0. The summed E-state index contributed by atoms with van der Waals surface area (Å²) >= 11 is 0. The van der Waals surface area contributed by atoms with Crippen LogP contribution in [-0.2, 0) is 18.4 Å². The van der Waals surface area contributed by atoms with Crippen molar-refractivity contribution in [1.29, 1.82) is 0 Å². The highest BCUT2D eigenvalue weighted by atomic mass is 16.2. The van der Waals surface area contributed by atoms with Gasteiger partial charge in [0.2, 0.25) is 5.91 Å². The van der Waals surface area contributed by atoms with Crippen molar-refractivity contribution in [3.63, 3.8) is 0 Å². The molecule has 5 nitrogen and oxygen atoms in total. The number of rotatable bonds is 2. The molecule has 1 spiro atoms. The first-order valence-electron chi connectivity index (χ1n) is 6.98. The van der Waals surface area contributed by atoms with E-state index >= 15 is 0 Å². The Morgan fingerprint density at radius 2 is 2.16 bits per heavy atom. The molecule has 0 aromatic carbocycles. The molecule has 1 aromatic rings. The van der Waals surface area contributed by atoms with Crippen LogP contribution in [-0.4, -0.2) is 52.2 Å². The van der Waals surface area contributed by atoms with Gasteiger partial charge in [0.15, 0.2) is 0 Å². The predicted molar refractivity (Wildman–Crippen MR) is 72.5 cm³/mol. The summed E-state index contributed by atoms with van der Waals surface area (Å²) in [5.74, 6) is 0.332. The van der Waals surface area contributed by atoms with Crippen LogP contribution in [0.15, 0.2) is 6.07 Å². The lowest BCUT2D eigenvalue weighted by molar-refractivity contribution is -0.163. The first kappa shape index (κ1) is 12.7. The number of aryl methyl sites for hydroxylation is 2. The SMILES string of the molecule is Cc1cc(CN2CCC[C@]3(C2)CN(C)C3=O)n(C)n1. The number of carbonyl (C=O) groups excluding carboxylic acids is 1. The van der Waals surface area contributed by atoms with E-state index < -0.39 is 0 Å². The van der Waals surface area contributed by atoms with Crippen molar-refractivity contribution < 1.29 is 4.79 Å². The van der Waals surface area contributed by atoms with E-state index in [4.69, 9.17) is 0 Å². The maximum absolute atomic E-state index is 12.1. The average molecular weight is 262 g/mol. The molecule has 0 saturated carbocycles. The number of aromatic nitrogens is 2. The summed E-state index contributed by atoms with van der Waals surface area (Å²) in [6, 6.07) is 2.13. The average Bonchev–Trinajstić information content (AvgIpc) is 2.68. The van der Waals surface area contributed by atoms with Crippen LogP contribution >= 0.6 is 0 Å². The van der Waals surface area contributed by atoms with Crippen molar-refractivity contribution >= 4 is 5.91 Å². The Morgan fingerprint density at radius 3 is 2.74 bits per heavy atom. The van der Waals surface area contributed by atoms with Crippen LogP contribution in [0.25, 0.3) is 0 Å². The minimum Gasteiger partial charge on any atom is -0.344 e. The number of nitrogens with zero attached hydrogens (tertiary/aromatic N) is 4. The van der Waals surface area contributed by atoms with Crippen LogP contribution in [0.4, 0.5) is 0 Å². The van der Waals surface area contributed by atoms with E-state index in [9.17, 15) is 4.79 Å². The Hall–Kier alpha value is -1.36. The molecule has 1 amide bonds. The minimum atomic E-state index is -0.0827. The Balaban J connectivity index is 1.69. The Kier molecular flexibility index (Phi) is 2.89. The van der Waals surface area contributed by atoms with Crippen LogP contribution in [0, 0.1) is 12.3 Å². The number of carbonyl (C=O) groups is 1. The molecule has 2 aliphatic heterocycles. The summed E-state index contributed by atoms with van der Waals surface area (Å²) < 4.78 is 1.95. The summed E-state index contributed by atoms with van der Waals surface area (Å²) in [5, 5.41) is 4.39. The van der Waals surface area contributed by atoms with Crippen molar-refractivity contribution in [3.05, 3.63) is 17.5 Å². The topological polar surface area (TPSA) is 41.4 Å². The van der Waals surface area contributed by atoms with Gasteiger partial charge in [-0.15, -0.1) is 0 Å². The van der Waals surface area contributed by atoms with Gasteiger partial charge in [-0.05, 0) is 32.4 Å². The van der Waals surface area contributed by atoms with Gasteiger partial charge in [-0.3, -0.25) is 14.4 Å². The minimum absolute atomic E-state index is 0.0827. The molecule has 3 heterocycles. The molecule has 2 aliphatic rings. The van der Waals surface area contributed by atoms with Crippen molar-refractivity contribution in [1.82, 2.24) is 19.6 Å². The molecule has 104 valence electrons. The quantitative estimate of drug-likeness (QED) is 0.740. The first-order chi connectivity index (χ1) is 9.00. The van der Waals surface area contributed by atoms with Crippen molar-refractivity contribution in [2.45, 2.75) is 26.3 Å². The highest BCUT2D eigenvalue weighted by Gasteiger charge is 2.52. The second kappa shape index (κ2) is 4.34. The van der Waals surface area contributed by atoms with Gasteiger partial charge >= 0.3 is 0 Å². The molecule has 2 fully saturated rings. The zero-order valence-corrected chi connectivity index (χ0v) is 12.0. The molecule has 5 heteroatoms. The molecule has 1 aromatic heterocycles. The molecule has 19 heavy (non-hydrogen) atoms. The third-order valence-electron chi connectivity index (χ3n) is 4.48. The summed E-state index contributed by atoms with van der Waals surface area (Å²) in [6.45, 7) is 5.83. The molecular weight excluding hydrogens is 240 g/mol. The van der Waals surface area contributed by atoms with E-state index in [1.807, 2.05) is 30.6 Å². The van der Waals surface area contributed by atoms with E-state index in [2.05, 4.69) is 16.1 Å². The summed E-state index contributed by atoms with van der Waals surface area (Å²) in [4.78, 5) is 16.3. The highest BCUT2D eigenvalue weighted by Crippen LogP contribution is 2.39. The van der Waals surface area contributed by atoms with Gasteiger partial charge in [0.25, 0.3) is 0 Å². The van der Waals surface area contributed by atoms with Crippen molar-refractivity contribution in [2.24, 2.45) is 12.5 Å². The van der Waals surface area contributed by atoms with E-state index in [0.717, 1.165) is 44.7 Å². The van der Waals surface area contributed by atoms with Crippen molar-refractivity contribution in [2.75, 3.05) is 26.7 Å². The van der Waals surface area contributed by atoms with Crippen LogP contribution in [0.3, 0.4) is 0 Å². The lowest BCUT2D eigenvalue weighted by Gasteiger charge is -2.52. The van der Waals surface area contributed by atoms with Crippen molar-refractivity contribution in [3.8, 4) is 0 Å². The zero-order chi connectivity index (χ0) is 13.6. The van der Waals surface area contributed by atoms with Gasteiger partial charge < -0.3 is 4.90 Å². The second-order valence-electron chi connectivity index (χ2n) is 6.16. The fraction of sp³-hybridized carbons (Fsp3) is 0.714. The molecule has 0 radical (unpaired) electrons. The molecule has 3 rings (SSSR count). The van der Waals surface area contributed by atoms with Gasteiger partial charge in [0.05, 0.1) is 16.8 Å². The van der Waals surface area contributed by atoms with Gasteiger partial charge in [0.1, 0.15) is 0 Å². The number of piperidine rings is 1. The Bertz CT molecular complexity index is 506. The fourth-order valence-electron chi connectivity index (χ4n) is 3.61. The predicted octanol–water partition coefficient (Wildman–Crippen LogP) is 0.783. The molecule has 0 aliphatic carbocycles. The first-order valence-corrected chi connectivity index (χ1v) is 6.98. The summed E-state index contributed by atoms with van der Waals surface area (Å²) in [6.07, 6.45) is 2.17. The van der Waals surface area contributed by atoms with Gasteiger partial charge in [-0.2, -0.15) is 5.10 Å². The molecule has 0 N–H and O–H groups in total. The van der Waals surface area contributed by atoms with Crippen LogP contribution in [0.2, 0.25) is 0 Å². The largest absolute Gasteiger partial charge is 0.344 e. The standard InChI is InChI=1S/C14H22N4O/c1-11-7-12(17(3)15-11)8-18-6-4-5-14(10-18)9-16(2)13(14)19/h7H,4-6,8-10H2,1-3H3/t14-/m1/s1. The fourth-order valence-corrected chi connectivity index (χ4v) is 3.61. The van der Waals surface area contributed by atoms with Gasteiger partial charge in [0, 0.05) is 33.7 Å². The van der Waals surface area contributed by atoms with E-state index in [1.165, 1.54) is 5.69 Å². The maximum atomic E-state index is 12.1. The van der Waals surface area contributed by atoms with Gasteiger partial charge in [-0.1, -0.05) is 0 Å². The van der Waals surface area contributed by atoms with E-state index in [1.54, 1.807) is 0 Å². The number of β-lactam (4-membered cyclic amide) rings is 1. The third kappa shape index (κ3) is 2.06. The second-order valence-corrected chi connectivity index (χ2v) is 6.16. The monoisotopic (exact) mass is 262 g/mol. The highest BCUT2D eigenvalue weighted by molar-refractivity contribution is 5.88. The van der Waals surface area contributed by atoms with Gasteiger partial charge in [-0.25, -0.2) is 0 Å². The van der Waals surface area contributed by atoms with Crippen LogP contribution in [0.5, 0.6) is 0 Å². The number of hydrogen-bond donors (Lipinski definition) is 0. The molecular formula is C14H22N4O. The Morgan fingerprint density at radius 1 is 1.37 bits per heavy atom.